The second-order valence-corrected chi connectivity index (χ2v) is 6.23. The highest BCUT2D eigenvalue weighted by molar-refractivity contribution is 6.34. The van der Waals surface area contributed by atoms with Gasteiger partial charge in [0.2, 0.25) is 0 Å². The Morgan fingerprint density at radius 1 is 1.21 bits per heavy atom. The van der Waals surface area contributed by atoms with Crippen LogP contribution < -0.4 is 15.5 Å². The van der Waals surface area contributed by atoms with Crippen molar-refractivity contribution in [3.63, 3.8) is 0 Å². The number of aryl methyl sites for hydroxylation is 2. The molecule has 0 bridgehead atoms. The van der Waals surface area contributed by atoms with Crippen molar-refractivity contribution in [3.05, 3.63) is 58.1 Å². The Hall–Kier alpha value is -2.53. The van der Waals surface area contributed by atoms with Crippen molar-refractivity contribution < 1.29 is 9.59 Å². The average molecular weight is 344 g/mol. The molecule has 2 N–H and O–H groups in total. The first-order valence-electron chi connectivity index (χ1n) is 7.69. The van der Waals surface area contributed by atoms with Gasteiger partial charge in [0.15, 0.2) is 0 Å². The molecule has 3 rings (SSSR count). The normalized spacial score (nSPS) is 13.8. The molecule has 2 aromatic carbocycles. The molecule has 0 atom stereocenters. The SMILES string of the molecule is Cc1cc(C)c(NC(=O)c2ccc(N3CCNC3=O)cc2)c(Cl)c1. The van der Waals surface area contributed by atoms with Gasteiger partial charge in [0, 0.05) is 24.3 Å². The van der Waals surface area contributed by atoms with E-state index in [0.717, 1.165) is 16.8 Å². The molecule has 6 heteroatoms. The molecule has 124 valence electrons. The molecule has 0 radical (unpaired) electrons. The molecule has 0 unspecified atom stereocenters. The van der Waals surface area contributed by atoms with E-state index >= 15 is 0 Å². The van der Waals surface area contributed by atoms with Crippen molar-refractivity contribution in [1.82, 2.24) is 5.32 Å². The summed E-state index contributed by atoms with van der Waals surface area (Å²) in [5.74, 6) is -0.235. The maximum atomic E-state index is 12.4. The molecule has 0 spiro atoms. The molecule has 1 saturated heterocycles. The molecule has 1 heterocycles. The van der Waals surface area contributed by atoms with Crippen LogP contribution in [0.2, 0.25) is 5.02 Å². The van der Waals surface area contributed by atoms with Gasteiger partial charge in [-0.15, -0.1) is 0 Å². The molecule has 5 nitrogen and oxygen atoms in total. The Labute approximate surface area is 145 Å². The minimum atomic E-state index is -0.235. The van der Waals surface area contributed by atoms with E-state index in [1.807, 2.05) is 26.0 Å². The van der Waals surface area contributed by atoms with Crippen LogP contribution >= 0.6 is 11.6 Å². The summed E-state index contributed by atoms with van der Waals surface area (Å²) >= 11 is 6.23. The number of anilines is 2. The zero-order valence-electron chi connectivity index (χ0n) is 13.5. The van der Waals surface area contributed by atoms with Crippen molar-refractivity contribution in [1.29, 1.82) is 0 Å². The van der Waals surface area contributed by atoms with Crippen LogP contribution in [0.1, 0.15) is 21.5 Å². The van der Waals surface area contributed by atoms with Crippen LogP contribution in [0.3, 0.4) is 0 Å². The number of nitrogens with zero attached hydrogens (tertiary/aromatic N) is 1. The molecule has 0 aromatic heterocycles. The van der Waals surface area contributed by atoms with Crippen LogP contribution in [0, 0.1) is 13.8 Å². The molecule has 1 aliphatic heterocycles. The van der Waals surface area contributed by atoms with Crippen molar-refractivity contribution in [2.24, 2.45) is 0 Å². The molecule has 2 aromatic rings. The molecule has 24 heavy (non-hydrogen) atoms. The van der Waals surface area contributed by atoms with Crippen LogP contribution in [0.25, 0.3) is 0 Å². The molecular weight excluding hydrogens is 326 g/mol. The van der Waals surface area contributed by atoms with Gasteiger partial charge in [-0.2, -0.15) is 0 Å². The smallest absolute Gasteiger partial charge is 0.321 e. The van der Waals surface area contributed by atoms with Gasteiger partial charge in [0.25, 0.3) is 5.91 Å². The molecular formula is C18H18ClN3O2. The Morgan fingerprint density at radius 3 is 2.50 bits per heavy atom. The quantitative estimate of drug-likeness (QED) is 0.891. The number of urea groups is 1. The monoisotopic (exact) mass is 343 g/mol. The number of hydrogen-bond donors (Lipinski definition) is 2. The molecule has 1 aliphatic rings. The fourth-order valence-electron chi connectivity index (χ4n) is 2.77. The van der Waals surface area contributed by atoms with Gasteiger partial charge in [-0.3, -0.25) is 9.69 Å². The molecule has 1 fully saturated rings. The number of carbonyl (C=O) groups excluding carboxylic acids is 2. The second kappa shape index (κ2) is 6.53. The van der Waals surface area contributed by atoms with Gasteiger partial charge < -0.3 is 10.6 Å². The zero-order valence-corrected chi connectivity index (χ0v) is 14.3. The highest BCUT2D eigenvalue weighted by Crippen LogP contribution is 2.28. The summed E-state index contributed by atoms with van der Waals surface area (Å²) in [4.78, 5) is 25.7. The lowest BCUT2D eigenvalue weighted by Gasteiger charge is -2.15. The number of amides is 3. The van der Waals surface area contributed by atoms with Gasteiger partial charge >= 0.3 is 6.03 Å². The minimum Gasteiger partial charge on any atom is -0.336 e. The van der Waals surface area contributed by atoms with E-state index in [4.69, 9.17) is 11.6 Å². The lowest BCUT2D eigenvalue weighted by Crippen LogP contribution is -2.27. The predicted molar refractivity (Wildman–Crippen MR) is 96.1 cm³/mol. The summed E-state index contributed by atoms with van der Waals surface area (Å²) < 4.78 is 0. The van der Waals surface area contributed by atoms with Gasteiger partial charge in [-0.05, 0) is 55.3 Å². The number of carbonyl (C=O) groups is 2. The zero-order chi connectivity index (χ0) is 17.3. The lowest BCUT2D eigenvalue weighted by molar-refractivity contribution is 0.102. The molecule has 3 amide bonds. The summed E-state index contributed by atoms with van der Waals surface area (Å²) in [6, 6.07) is 10.6. The van der Waals surface area contributed by atoms with Crippen molar-refractivity contribution in [2.45, 2.75) is 13.8 Å². The topological polar surface area (TPSA) is 61.4 Å². The van der Waals surface area contributed by atoms with E-state index in [0.29, 0.717) is 29.4 Å². The number of halogens is 1. The minimum absolute atomic E-state index is 0.116. The predicted octanol–water partition coefficient (Wildman–Crippen LogP) is 3.74. The molecule has 0 saturated carbocycles. The maximum absolute atomic E-state index is 12.4. The van der Waals surface area contributed by atoms with E-state index < -0.39 is 0 Å². The van der Waals surface area contributed by atoms with E-state index in [1.165, 1.54) is 0 Å². The van der Waals surface area contributed by atoms with Crippen LogP contribution in [0.5, 0.6) is 0 Å². The number of nitrogens with one attached hydrogen (secondary N) is 2. The van der Waals surface area contributed by atoms with Crippen LogP contribution in [0.15, 0.2) is 36.4 Å². The van der Waals surface area contributed by atoms with Crippen molar-refractivity contribution in [3.8, 4) is 0 Å². The Bertz CT molecular complexity index is 779. The van der Waals surface area contributed by atoms with Crippen molar-refractivity contribution >= 4 is 34.9 Å². The average Bonchev–Trinajstić information content (AvgIpc) is 2.97. The third kappa shape index (κ3) is 3.21. The number of rotatable bonds is 3. The van der Waals surface area contributed by atoms with Gasteiger partial charge in [0.1, 0.15) is 0 Å². The van der Waals surface area contributed by atoms with Gasteiger partial charge in [0.05, 0.1) is 10.7 Å². The Kier molecular flexibility index (Phi) is 4.44. The van der Waals surface area contributed by atoms with Gasteiger partial charge in [-0.25, -0.2) is 4.79 Å². The summed E-state index contributed by atoms with van der Waals surface area (Å²) in [5.41, 5.74) is 3.86. The molecule has 0 aliphatic carbocycles. The summed E-state index contributed by atoms with van der Waals surface area (Å²) in [7, 11) is 0. The lowest BCUT2D eigenvalue weighted by atomic mass is 10.1. The third-order valence-corrected chi connectivity index (χ3v) is 4.27. The van der Waals surface area contributed by atoms with Crippen LogP contribution in [-0.4, -0.2) is 25.0 Å². The first-order valence-corrected chi connectivity index (χ1v) is 8.07. The van der Waals surface area contributed by atoms with E-state index in [1.54, 1.807) is 29.2 Å². The largest absolute Gasteiger partial charge is 0.336 e. The van der Waals surface area contributed by atoms with E-state index in [2.05, 4.69) is 10.6 Å². The van der Waals surface area contributed by atoms with E-state index in [-0.39, 0.29) is 11.9 Å². The maximum Gasteiger partial charge on any atom is 0.321 e. The first kappa shape index (κ1) is 16.3. The number of benzene rings is 2. The summed E-state index contributed by atoms with van der Waals surface area (Å²) in [6.07, 6.45) is 0. The third-order valence-electron chi connectivity index (χ3n) is 3.97. The standard InChI is InChI=1S/C18H18ClN3O2/c1-11-9-12(2)16(15(19)10-11)21-17(23)13-3-5-14(6-4-13)22-8-7-20-18(22)24/h3-6,9-10H,7-8H2,1-2H3,(H,20,24)(H,21,23). The summed E-state index contributed by atoms with van der Waals surface area (Å²) in [5, 5.41) is 6.12. The van der Waals surface area contributed by atoms with E-state index in [9.17, 15) is 9.59 Å². The summed E-state index contributed by atoms with van der Waals surface area (Å²) in [6.45, 7) is 5.12. The number of hydrogen-bond acceptors (Lipinski definition) is 2. The first-order chi connectivity index (χ1) is 11.5. The second-order valence-electron chi connectivity index (χ2n) is 5.82. The van der Waals surface area contributed by atoms with Crippen LogP contribution in [-0.2, 0) is 0 Å². The van der Waals surface area contributed by atoms with Crippen LogP contribution in [0.4, 0.5) is 16.2 Å². The highest BCUT2D eigenvalue weighted by atomic mass is 35.5. The van der Waals surface area contributed by atoms with Crippen molar-refractivity contribution in [2.75, 3.05) is 23.3 Å². The Balaban J connectivity index is 1.77. The fraction of sp³-hybridized carbons (Fsp3) is 0.222. The Morgan fingerprint density at radius 2 is 1.92 bits per heavy atom. The fourth-order valence-corrected chi connectivity index (χ4v) is 3.14. The van der Waals surface area contributed by atoms with Gasteiger partial charge in [-0.1, -0.05) is 17.7 Å². The highest BCUT2D eigenvalue weighted by Gasteiger charge is 2.21.